The number of nitro benzene ring substituents is 1. The van der Waals surface area contributed by atoms with Crippen LogP contribution in [-0.4, -0.2) is 11.5 Å². The van der Waals surface area contributed by atoms with Gasteiger partial charge in [-0.1, -0.05) is 23.7 Å². The average Bonchev–Trinajstić information content (AvgIpc) is 2.39. The summed E-state index contributed by atoms with van der Waals surface area (Å²) in [7, 11) is 0. The van der Waals surface area contributed by atoms with Gasteiger partial charge in [-0.3, -0.25) is 10.1 Å². The molecule has 0 fully saturated rings. The summed E-state index contributed by atoms with van der Waals surface area (Å²) in [5, 5.41) is 14.1. The van der Waals surface area contributed by atoms with Gasteiger partial charge in [0.05, 0.1) is 4.92 Å². The molecule has 0 saturated heterocycles. The molecule has 0 saturated carbocycles. The first-order chi connectivity index (χ1) is 9.97. The van der Waals surface area contributed by atoms with Crippen molar-refractivity contribution in [2.24, 2.45) is 0 Å². The van der Waals surface area contributed by atoms with Gasteiger partial charge in [-0.15, -0.1) is 0 Å². The maximum absolute atomic E-state index is 13.4. The second kappa shape index (κ2) is 6.49. The predicted octanol–water partition coefficient (Wildman–Crippen LogP) is 4.18. The number of nitrogens with zero attached hydrogens (tertiary/aromatic N) is 1. The summed E-state index contributed by atoms with van der Waals surface area (Å²) in [5.74, 6) is -2.07. The summed E-state index contributed by atoms with van der Waals surface area (Å²) in [5.41, 5.74) is 0.0189. The summed E-state index contributed by atoms with van der Waals surface area (Å²) >= 11 is 5.76. The predicted molar refractivity (Wildman–Crippen MR) is 76.7 cm³/mol. The standard InChI is InChI=1S/C14H11ClF2N2O2/c15-10-3-1-9(2-4-10)5-6-18-13-8-11(16)7-12(17)14(13)19(20)21/h1-4,7-8,18H,5-6H2. The monoisotopic (exact) mass is 312 g/mol. The van der Waals surface area contributed by atoms with E-state index in [4.69, 9.17) is 11.6 Å². The zero-order valence-corrected chi connectivity index (χ0v) is 11.5. The maximum atomic E-state index is 13.4. The van der Waals surface area contributed by atoms with Crippen LogP contribution in [0.2, 0.25) is 5.02 Å². The Morgan fingerprint density at radius 3 is 2.48 bits per heavy atom. The highest BCUT2D eigenvalue weighted by Gasteiger charge is 2.21. The number of benzene rings is 2. The normalized spacial score (nSPS) is 10.4. The first-order valence-electron chi connectivity index (χ1n) is 6.09. The van der Waals surface area contributed by atoms with E-state index < -0.39 is 22.2 Å². The zero-order valence-electron chi connectivity index (χ0n) is 10.8. The summed E-state index contributed by atoms with van der Waals surface area (Å²) in [6.07, 6.45) is 0.534. The molecule has 0 radical (unpaired) electrons. The summed E-state index contributed by atoms with van der Waals surface area (Å²) < 4.78 is 26.6. The molecule has 1 N–H and O–H groups in total. The second-order valence-electron chi connectivity index (χ2n) is 4.34. The molecule has 7 heteroatoms. The second-order valence-corrected chi connectivity index (χ2v) is 4.78. The van der Waals surface area contributed by atoms with Crippen LogP contribution in [0.1, 0.15) is 5.56 Å². The number of hydrogen-bond donors (Lipinski definition) is 1. The van der Waals surface area contributed by atoms with Crippen LogP contribution in [0.25, 0.3) is 0 Å². The molecular formula is C14H11ClF2N2O2. The Morgan fingerprint density at radius 1 is 1.19 bits per heavy atom. The molecular weight excluding hydrogens is 302 g/mol. The summed E-state index contributed by atoms with van der Waals surface area (Å²) in [4.78, 5) is 9.94. The third kappa shape index (κ3) is 3.88. The molecule has 0 atom stereocenters. The van der Waals surface area contributed by atoms with Crippen molar-refractivity contribution in [2.45, 2.75) is 6.42 Å². The molecule has 0 aliphatic heterocycles. The minimum atomic E-state index is -1.20. The maximum Gasteiger partial charge on any atom is 0.327 e. The van der Waals surface area contributed by atoms with E-state index in [1.165, 1.54) is 0 Å². The Kier molecular flexibility index (Phi) is 4.70. The molecule has 0 amide bonds. The zero-order chi connectivity index (χ0) is 15.4. The van der Waals surface area contributed by atoms with Crippen LogP contribution in [-0.2, 0) is 6.42 Å². The molecule has 0 bridgehead atoms. The van der Waals surface area contributed by atoms with Gasteiger partial charge >= 0.3 is 5.69 Å². The van der Waals surface area contributed by atoms with Crippen molar-refractivity contribution >= 4 is 23.0 Å². The van der Waals surface area contributed by atoms with E-state index in [2.05, 4.69) is 5.32 Å². The van der Waals surface area contributed by atoms with Gasteiger partial charge in [0.1, 0.15) is 11.5 Å². The van der Waals surface area contributed by atoms with Crippen LogP contribution < -0.4 is 5.32 Å². The van der Waals surface area contributed by atoms with Crippen LogP contribution in [0, 0.1) is 21.7 Å². The molecule has 4 nitrogen and oxygen atoms in total. The van der Waals surface area contributed by atoms with Crippen molar-refractivity contribution in [2.75, 3.05) is 11.9 Å². The number of halogens is 3. The lowest BCUT2D eigenvalue weighted by Gasteiger charge is -2.08. The van der Waals surface area contributed by atoms with Gasteiger partial charge in [0.25, 0.3) is 0 Å². The first kappa shape index (κ1) is 15.2. The molecule has 0 heterocycles. The van der Waals surface area contributed by atoms with Crippen molar-refractivity contribution in [1.29, 1.82) is 0 Å². The molecule has 0 spiro atoms. The van der Waals surface area contributed by atoms with E-state index in [0.29, 0.717) is 24.1 Å². The molecule has 2 rings (SSSR count). The first-order valence-corrected chi connectivity index (χ1v) is 6.47. The molecule has 110 valence electrons. The van der Waals surface area contributed by atoms with Crippen LogP contribution >= 0.6 is 11.6 Å². The third-order valence-corrected chi connectivity index (χ3v) is 3.11. The number of nitrogens with one attached hydrogen (secondary N) is 1. The van der Waals surface area contributed by atoms with Crippen molar-refractivity contribution in [1.82, 2.24) is 0 Å². The largest absolute Gasteiger partial charge is 0.379 e. The van der Waals surface area contributed by atoms with Crippen LogP contribution in [0.4, 0.5) is 20.2 Å². The molecule has 21 heavy (non-hydrogen) atoms. The van der Waals surface area contributed by atoms with Crippen molar-refractivity contribution in [3.8, 4) is 0 Å². The van der Waals surface area contributed by atoms with Gasteiger partial charge in [-0.2, -0.15) is 4.39 Å². The quantitative estimate of drug-likeness (QED) is 0.665. The number of rotatable bonds is 5. The highest BCUT2D eigenvalue weighted by Crippen LogP contribution is 2.28. The van der Waals surface area contributed by atoms with E-state index in [1.54, 1.807) is 12.1 Å². The number of nitro groups is 1. The Morgan fingerprint density at radius 2 is 1.86 bits per heavy atom. The fourth-order valence-corrected chi connectivity index (χ4v) is 2.00. The highest BCUT2D eigenvalue weighted by molar-refractivity contribution is 6.30. The Bertz CT molecular complexity index is 663. The highest BCUT2D eigenvalue weighted by atomic mass is 35.5. The van der Waals surface area contributed by atoms with E-state index in [9.17, 15) is 18.9 Å². The summed E-state index contributed by atoms with van der Waals surface area (Å²) in [6.45, 7) is 0.297. The van der Waals surface area contributed by atoms with Gasteiger partial charge in [-0.05, 0) is 24.1 Å². The van der Waals surface area contributed by atoms with E-state index in [0.717, 1.165) is 11.6 Å². The lowest BCUT2D eigenvalue weighted by atomic mass is 10.1. The van der Waals surface area contributed by atoms with Gasteiger partial charge in [-0.25, -0.2) is 4.39 Å². The molecule has 2 aromatic rings. The third-order valence-electron chi connectivity index (χ3n) is 2.85. The van der Waals surface area contributed by atoms with E-state index in [-0.39, 0.29) is 5.69 Å². The van der Waals surface area contributed by atoms with Gasteiger partial charge < -0.3 is 5.32 Å². The Balaban J connectivity index is 2.09. The number of anilines is 1. The number of hydrogen-bond acceptors (Lipinski definition) is 3. The SMILES string of the molecule is O=[N+]([O-])c1c(F)cc(F)cc1NCCc1ccc(Cl)cc1. The lowest BCUT2D eigenvalue weighted by Crippen LogP contribution is -2.08. The van der Waals surface area contributed by atoms with Crippen molar-refractivity contribution < 1.29 is 13.7 Å². The van der Waals surface area contributed by atoms with E-state index >= 15 is 0 Å². The van der Waals surface area contributed by atoms with Gasteiger partial charge in [0.2, 0.25) is 5.82 Å². The van der Waals surface area contributed by atoms with E-state index in [1.807, 2.05) is 12.1 Å². The Labute approximate surface area is 124 Å². The van der Waals surface area contributed by atoms with Crippen molar-refractivity contribution in [3.05, 3.63) is 68.7 Å². The van der Waals surface area contributed by atoms with Gasteiger partial charge in [0.15, 0.2) is 0 Å². The minimum Gasteiger partial charge on any atom is -0.379 e. The fourth-order valence-electron chi connectivity index (χ4n) is 1.88. The Hall–Kier alpha value is -2.21. The summed E-state index contributed by atoms with van der Waals surface area (Å²) in [6, 6.07) is 8.46. The van der Waals surface area contributed by atoms with Gasteiger partial charge in [0, 0.05) is 23.7 Å². The molecule has 0 aliphatic carbocycles. The smallest absolute Gasteiger partial charge is 0.327 e. The molecule has 0 aliphatic rings. The van der Waals surface area contributed by atoms with Crippen molar-refractivity contribution in [3.63, 3.8) is 0 Å². The average molecular weight is 313 g/mol. The fraction of sp³-hybridized carbons (Fsp3) is 0.143. The topological polar surface area (TPSA) is 55.2 Å². The molecule has 0 unspecified atom stereocenters. The van der Waals surface area contributed by atoms with Crippen LogP contribution in [0.15, 0.2) is 36.4 Å². The lowest BCUT2D eigenvalue weighted by molar-refractivity contribution is -0.386. The van der Waals surface area contributed by atoms with Crippen LogP contribution in [0.3, 0.4) is 0 Å². The van der Waals surface area contributed by atoms with Crippen LogP contribution in [0.5, 0.6) is 0 Å². The molecule has 0 aromatic heterocycles. The minimum absolute atomic E-state index is 0.175. The molecule has 2 aromatic carbocycles.